The third-order valence-corrected chi connectivity index (χ3v) is 3.40. The van der Waals surface area contributed by atoms with Gasteiger partial charge in [0.1, 0.15) is 5.82 Å². The molecule has 106 valence electrons. The minimum Gasteiger partial charge on any atom is -0.370 e. The van der Waals surface area contributed by atoms with Gasteiger partial charge in [0, 0.05) is 18.0 Å². The zero-order valence-corrected chi connectivity index (χ0v) is 12.2. The zero-order chi connectivity index (χ0) is 14.9. The third kappa shape index (κ3) is 2.43. The second kappa shape index (κ2) is 5.45. The van der Waals surface area contributed by atoms with Crippen molar-refractivity contribution >= 4 is 22.4 Å². The monoisotopic (exact) mass is 273 g/mol. The number of nitrogens with zero attached hydrogens (tertiary/aromatic N) is 2. The van der Waals surface area contributed by atoms with Crippen molar-refractivity contribution in [2.24, 2.45) is 0 Å². The molecule has 0 bridgehead atoms. The Hall–Kier alpha value is -2.17. The van der Waals surface area contributed by atoms with Crippen LogP contribution in [0.25, 0.3) is 10.9 Å². The first-order valence-electron chi connectivity index (χ1n) is 6.78. The van der Waals surface area contributed by atoms with Crippen molar-refractivity contribution in [1.82, 2.24) is 4.98 Å². The summed E-state index contributed by atoms with van der Waals surface area (Å²) in [6, 6.07) is 5.40. The maximum Gasteiger partial charge on any atom is 0.274 e. The minimum absolute atomic E-state index is 0.116. The van der Waals surface area contributed by atoms with Gasteiger partial charge in [0.15, 0.2) is 0 Å². The lowest BCUT2D eigenvalue weighted by Gasteiger charge is -2.15. The van der Waals surface area contributed by atoms with Gasteiger partial charge < -0.3 is 5.32 Å². The number of aromatic nitrogens is 1. The van der Waals surface area contributed by atoms with Gasteiger partial charge in [-0.3, -0.25) is 10.1 Å². The number of nitrogens with one attached hydrogen (secondary N) is 1. The summed E-state index contributed by atoms with van der Waals surface area (Å²) in [5.41, 5.74) is 2.55. The molecule has 1 aromatic carbocycles. The second-order valence-electron chi connectivity index (χ2n) is 5.15. The van der Waals surface area contributed by atoms with Gasteiger partial charge in [-0.05, 0) is 37.5 Å². The molecule has 0 aliphatic heterocycles. The van der Waals surface area contributed by atoms with Crippen LogP contribution in [0.5, 0.6) is 0 Å². The number of hydrogen-bond acceptors (Lipinski definition) is 4. The Kier molecular flexibility index (Phi) is 3.88. The van der Waals surface area contributed by atoms with E-state index < -0.39 is 0 Å². The summed E-state index contributed by atoms with van der Waals surface area (Å²) in [6.07, 6.45) is 0. The number of nitro groups is 1. The topological polar surface area (TPSA) is 68.1 Å². The van der Waals surface area contributed by atoms with Gasteiger partial charge in [0.2, 0.25) is 0 Å². The van der Waals surface area contributed by atoms with Crippen molar-refractivity contribution in [3.05, 3.63) is 39.4 Å². The largest absolute Gasteiger partial charge is 0.370 e. The molecule has 0 unspecified atom stereocenters. The zero-order valence-electron chi connectivity index (χ0n) is 12.2. The molecule has 0 amide bonds. The lowest BCUT2D eigenvalue weighted by Crippen LogP contribution is -2.06. The number of fused-ring (bicyclic) bond motifs is 1. The van der Waals surface area contributed by atoms with E-state index in [9.17, 15) is 10.1 Å². The van der Waals surface area contributed by atoms with Crippen LogP contribution in [0, 0.1) is 17.0 Å². The van der Waals surface area contributed by atoms with E-state index >= 15 is 0 Å². The highest BCUT2D eigenvalue weighted by atomic mass is 16.6. The summed E-state index contributed by atoms with van der Waals surface area (Å²) in [4.78, 5) is 15.3. The van der Waals surface area contributed by atoms with Gasteiger partial charge in [0.25, 0.3) is 5.69 Å². The molecular weight excluding hydrogens is 254 g/mol. The molecule has 20 heavy (non-hydrogen) atoms. The molecule has 1 heterocycles. The number of rotatable bonds is 4. The minimum atomic E-state index is -0.361. The first-order chi connectivity index (χ1) is 9.45. The lowest BCUT2D eigenvalue weighted by atomic mass is 10.00. The van der Waals surface area contributed by atoms with E-state index in [2.05, 4.69) is 30.2 Å². The van der Waals surface area contributed by atoms with E-state index in [-0.39, 0.29) is 10.6 Å². The van der Waals surface area contributed by atoms with E-state index in [4.69, 9.17) is 0 Å². The highest BCUT2D eigenvalue weighted by Crippen LogP contribution is 2.31. The molecule has 2 rings (SSSR count). The van der Waals surface area contributed by atoms with Crippen LogP contribution >= 0.6 is 0 Å². The fourth-order valence-corrected chi connectivity index (χ4v) is 2.33. The predicted octanol–water partition coefficient (Wildman–Crippen LogP) is 4.01. The summed E-state index contributed by atoms with van der Waals surface area (Å²) < 4.78 is 0. The molecule has 5 heteroatoms. The average Bonchev–Trinajstić information content (AvgIpc) is 2.38. The number of aryl methyl sites for hydroxylation is 1. The molecule has 0 spiro atoms. The Morgan fingerprint density at radius 2 is 2.10 bits per heavy atom. The molecule has 1 N–H and O–H groups in total. The Labute approximate surface area is 118 Å². The Morgan fingerprint density at radius 3 is 2.65 bits per heavy atom. The molecule has 0 aliphatic carbocycles. The summed E-state index contributed by atoms with van der Waals surface area (Å²) in [6.45, 7) is 8.75. The van der Waals surface area contributed by atoms with Crippen molar-refractivity contribution in [2.75, 3.05) is 11.9 Å². The maximum atomic E-state index is 11.0. The number of hydrogen-bond donors (Lipinski definition) is 1. The van der Waals surface area contributed by atoms with Gasteiger partial charge in [-0.2, -0.15) is 0 Å². The molecule has 1 aromatic heterocycles. The lowest BCUT2D eigenvalue weighted by molar-refractivity contribution is -0.385. The molecule has 0 saturated heterocycles. The molecule has 0 radical (unpaired) electrons. The average molecular weight is 273 g/mol. The van der Waals surface area contributed by atoms with Crippen molar-refractivity contribution < 1.29 is 4.92 Å². The summed E-state index contributed by atoms with van der Waals surface area (Å²) in [5.74, 6) is 1.16. The number of anilines is 1. The van der Waals surface area contributed by atoms with Crippen LogP contribution in [0.15, 0.2) is 18.2 Å². The van der Waals surface area contributed by atoms with Gasteiger partial charge in [-0.15, -0.1) is 0 Å². The van der Waals surface area contributed by atoms with E-state index in [0.717, 1.165) is 23.3 Å². The van der Waals surface area contributed by atoms with Gasteiger partial charge >= 0.3 is 0 Å². The Balaban J connectivity index is 2.74. The van der Waals surface area contributed by atoms with Crippen molar-refractivity contribution in [3.8, 4) is 0 Å². The van der Waals surface area contributed by atoms with Crippen LogP contribution in [0.4, 0.5) is 11.5 Å². The van der Waals surface area contributed by atoms with Crippen LogP contribution in [0.1, 0.15) is 37.8 Å². The Morgan fingerprint density at radius 1 is 1.40 bits per heavy atom. The van der Waals surface area contributed by atoms with Crippen LogP contribution in [0.2, 0.25) is 0 Å². The van der Waals surface area contributed by atoms with Crippen molar-refractivity contribution in [3.63, 3.8) is 0 Å². The third-order valence-electron chi connectivity index (χ3n) is 3.40. The van der Waals surface area contributed by atoms with Crippen LogP contribution in [0.3, 0.4) is 0 Å². The second-order valence-corrected chi connectivity index (χ2v) is 5.15. The number of benzene rings is 1. The molecule has 0 saturated carbocycles. The summed E-state index contributed by atoms with van der Waals surface area (Å²) in [7, 11) is 0. The maximum absolute atomic E-state index is 11.0. The quantitative estimate of drug-likeness (QED) is 0.675. The SMILES string of the molecule is CCNc1nc2c(C)c([N+](=O)[O-])ccc2cc1C(C)C. The highest BCUT2D eigenvalue weighted by molar-refractivity contribution is 5.87. The summed E-state index contributed by atoms with van der Waals surface area (Å²) >= 11 is 0. The van der Waals surface area contributed by atoms with E-state index in [1.165, 1.54) is 0 Å². The summed E-state index contributed by atoms with van der Waals surface area (Å²) in [5, 5.41) is 15.2. The standard InChI is InChI=1S/C15H19N3O2/c1-5-16-15-12(9(2)3)8-11-6-7-13(18(19)20)10(4)14(11)17-15/h6-9H,5H2,1-4H3,(H,16,17). The van der Waals surface area contributed by atoms with Crippen LogP contribution < -0.4 is 5.32 Å². The molecular formula is C15H19N3O2. The van der Waals surface area contributed by atoms with Gasteiger partial charge in [-0.25, -0.2) is 4.98 Å². The van der Waals surface area contributed by atoms with Gasteiger partial charge in [0.05, 0.1) is 16.0 Å². The number of pyridine rings is 1. The molecule has 0 atom stereocenters. The van der Waals surface area contributed by atoms with E-state index in [0.29, 0.717) is 17.0 Å². The molecule has 2 aromatic rings. The predicted molar refractivity (Wildman–Crippen MR) is 81.4 cm³/mol. The molecule has 0 fully saturated rings. The first-order valence-corrected chi connectivity index (χ1v) is 6.78. The molecule has 5 nitrogen and oxygen atoms in total. The van der Waals surface area contributed by atoms with Crippen molar-refractivity contribution in [2.45, 2.75) is 33.6 Å². The normalized spacial score (nSPS) is 11.1. The van der Waals surface area contributed by atoms with Crippen LogP contribution in [-0.4, -0.2) is 16.5 Å². The highest BCUT2D eigenvalue weighted by Gasteiger charge is 2.17. The van der Waals surface area contributed by atoms with Crippen LogP contribution in [-0.2, 0) is 0 Å². The Bertz CT molecular complexity index is 666. The molecule has 0 aliphatic rings. The smallest absolute Gasteiger partial charge is 0.274 e. The fraction of sp³-hybridized carbons (Fsp3) is 0.400. The van der Waals surface area contributed by atoms with Gasteiger partial charge in [-0.1, -0.05) is 13.8 Å². The van der Waals surface area contributed by atoms with Crippen molar-refractivity contribution in [1.29, 1.82) is 0 Å². The fourth-order valence-electron chi connectivity index (χ4n) is 2.33. The van der Waals surface area contributed by atoms with E-state index in [1.807, 2.05) is 6.92 Å². The number of nitro benzene ring substituents is 1. The first kappa shape index (κ1) is 14.2. The van der Waals surface area contributed by atoms with E-state index in [1.54, 1.807) is 19.1 Å².